The minimum atomic E-state index is -0.946. The van der Waals surface area contributed by atoms with Crippen LogP contribution in [0.5, 0.6) is 0 Å². The third-order valence-electron chi connectivity index (χ3n) is 5.89. The number of rotatable bonds is 8. The summed E-state index contributed by atoms with van der Waals surface area (Å²) in [5, 5.41) is 5.42. The summed E-state index contributed by atoms with van der Waals surface area (Å²) in [4.78, 5) is 36.0. The van der Waals surface area contributed by atoms with Crippen molar-refractivity contribution >= 4 is 18.2 Å². The monoisotopic (exact) mass is 462 g/mol. The lowest BCUT2D eigenvalue weighted by Crippen LogP contribution is -2.59. The molecule has 0 heterocycles. The molecule has 1 aromatic carbocycles. The van der Waals surface area contributed by atoms with Crippen molar-refractivity contribution in [1.29, 1.82) is 0 Å². The third-order valence-corrected chi connectivity index (χ3v) is 5.89. The molecule has 1 aromatic rings. The highest BCUT2D eigenvalue weighted by molar-refractivity contribution is 5.81. The lowest BCUT2D eigenvalue weighted by molar-refractivity contribution is -0.152. The average Bonchev–Trinajstić information content (AvgIpc) is 2.70. The van der Waals surface area contributed by atoms with Crippen molar-refractivity contribution in [2.75, 3.05) is 13.7 Å². The van der Waals surface area contributed by atoms with Gasteiger partial charge >= 0.3 is 18.2 Å². The summed E-state index contributed by atoms with van der Waals surface area (Å²) in [5.41, 5.74) is 0.505. The first-order chi connectivity index (χ1) is 15.6. The van der Waals surface area contributed by atoms with Gasteiger partial charge in [-0.3, -0.25) is 0 Å². The molecule has 0 aliphatic heterocycles. The van der Waals surface area contributed by atoms with Crippen LogP contribution in [0.2, 0.25) is 0 Å². The number of carbonyl (C=O) groups excluding carboxylic acids is 3. The fourth-order valence-corrected chi connectivity index (χ4v) is 4.37. The maximum Gasteiger partial charge on any atom is 0.408 e. The molecule has 0 radical (unpaired) electrons. The van der Waals surface area contributed by atoms with Crippen LogP contribution in [0.15, 0.2) is 30.3 Å². The molecule has 3 rings (SSSR count). The number of esters is 1. The zero-order chi connectivity index (χ0) is 24.1. The Morgan fingerprint density at radius 2 is 1.73 bits per heavy atom. The summed E-state index contributed by atoms with van der Waals surface area (Å²) >= 11 is 0. The van der Waals surface area contributed by atoms with E-state index < -0.39 is 23.7 Å². The number of benzene rings is 1. The van der Waals surface area contributed by atoms with Crippen LogP contribution in [0.4, 0.5) is 9.59 Å². The fourth-order valence-electron chi connectivity index (χ4n) is 4.37. The predicted molar refractivity (Wildman–Crippen MR) is 119 cm³/mol. The van der Waals surface area contributed by atoms with E-state index in [-0.39, 0.29) is 36.9 Å². The second-order valence-corrected chi connectivity index (χ2v) is 9.90. The van der Waals surface area contributed by atoms with Gasteiger partial charge in [0, 0.05) is 6.04 Å². The summed E-state index contributed by atoms with van der Waals surface area (Å²) in [6.45, 7) is 5.62. The SMILES string of the molecule is COC(=O)[C@H](COC1CC2(CC(NC(=O)OC(C)(C)C)C2)C1)NC(=O)OCc1ccccc1. The number of carbonyl (C=O) groups is 3. The first kappa shape index (κ1) is 24.8. The largest absolute Gasteiger partial charge is 0.467 e. The molecule has 1 spiro atoms. The summed E-state index contributed by atoms with van der Waals surface area (Å²) in [6, 6.07) is 8.43. The van der Waals surface area contributed by atoms with Gasteiger partial charge in [0.05, 0.1) is 19.8 Å². The normalized spacial score (nSPS) is 24.6. The number of alkyl carbamates (subject to hydrolysis) is 2. The van der Waals surface area contributed by atoms with Crippen LogP contribution < -0.4 is 10.6 Å². The van der Waals surface area contributed by atoms with Crippen molar-refractivity contribution < 1.29 is 33.3 Å². The third kappa shape index (κ3) is 7.35. The van der Waals surface area contributed by atoms with Crippen molar-refractivity contribution in [1.82, 2.24) is 10.6 Å². The number of hydrogen-bond donors (Lipinski definition) is 2. The average molecular weight is 463 g/mol. The molecule has 2 amide bonds. The molecule has 2 aliphatic carbocycles. The molecule has 0 bridgehead atoms. The Balaban J connectivity index is 1.35. The maximum absolute atomic E-state index is 12.1. The minimum absolute atomic E-state index is 0.00164. The molecule has 2 saturated carbocycles. The first-order valence-electron chi connectivity index (χ1n) is 11.2. The Hall–Kier alpha value is -2.81. The smallest absolute Gasteiger partial charge is 0.408 e. The van der Waals surface area contributed by atoms with E-state index in [2.05, 4.69) is 10.6 Å². The van der Waals surface area contributed by atoms with Gasteiger partial charge in [0.1, 0.15) is 12.2 Å². The van der Waals surface area contributed by atoms with Crippen LogP contribution in [-0.2, 0) is 30.3 Å². The van der Waals surface area contributed by atoms with Crippen molar-refractivity contribution in [3.8, 4) is 0 Å². The highest BCUT2D eigenvalue weighted by Gasteiger charge is 2.54. The zero-order valence-electron chi connectivity index (χ0n) is 19.7. The summed E-state index contributed by atoms with van der Waals surface area (Å²) in [5.74, 6) is -0.592. The molecule has 182 valence electrons. The van der Waals surface area contributed by atoms with Crippen molar-refractivity contribution in [3.05, 3.63) is 35.9 Å². The second-order valence-electron chi connectivity index (χ2n) is 9.90. The Morgan fingerprint density at radius 1 is 1.06 bits per heavy atom. The van der Waals surface area contributed by atoms with Crippen LogP contribution in [0.3, 0.4) is 0 Å². The van der Waals surface area contributed by atoms with Gasteiger partial charge in [0.2, 0.25) is 0 Å². The van der Waals surface area contributed by atoms with E-state index >= 15 is 0 Å². The van der Waals surface area contributed by atoms with Gasteiger partial charge in [0.25, 0.3) is 0 Å². The first-order valence-corrected chi connectivity index (χ1v) is 11.2. The van der Waals surface area contributed by atoms with E-state index in [0.717, 1.165) is 31.2 Å². The number of ether oxygens (including phenoxy) is 4. The van der Waals surface area contributed by atoms with Gasteiger partial charge in [0.15, 0.2) is 6.04 Å². The van der Waals surface area contributed by atoms with Crippen LogP contribution in [0, 0.1) is 5.41 Å². The quantitative estimate of drug-likeness (QED) is 0.450. The van der Waals surface area contributed by atoms with Crippen LogP contribution in [0.25, 0.3) is 0 Å². The summed E-state index contributed by atoms with van der Waals surface area (Å²) in [7, 11) is 1.26. The highest BCUT2D eigenvalue weighted by atomic mass is 16.6. The van der Waals surface area contributed by atoms with E-state index in [0.29, 0.717) is 0 Å². The van der Waals surface area contributed by atoms with Gasteiger partial charge in [-0.05, 0) is 57.4 Å². The van der Waals surface area contributed by atoms with Gasteiger partial charge in [-0.1, -0.05) is 30.3 Å². The topological polar surface area (TPSA) is 112 Å². The molecule has 9 nitrogen and oxygen atoms in total. The number of methoxy groups -OCH3 is 1. The molecule has 0 aromatic heterocycles. The minimum Gasteiger partial charge on any atom is -0.467 e. The van der Waals surface area contributed by atoms with Crippen LogP contribution in [0.1, 0.15) is 52.0 Å². The van der Waals surface area contributed by atoms with E-state index in [4.69, 9.17) is 18.9 Å². The van der Waals surface area contributed by atoms with Crippen LogP contribution in [-0.4, -0.2) is 55.7 Å². The molecular weight excluding hydrogens is 428 g/mol. The highest BCUT2D eigenvalue weighted by Crippen LogP contribution is 2.56. The molecule has 0 saturated heterocycles. The predicted octanol–water partition coefficient (Wildman–Crippen LogP) is 3.31. The molecular formula is C24H34N2O7. The molecule has 9 heteroatoms. The molecule has 33 heavy (non-hydrogen) atoms. The van der Waals surface area contributed by atoms with Gasteiger partial charge < -0.3 is 29.6 Å². The Bertz CT molecular complexity index is 823. The van der Waals surface area contributed by atoms with E-state index in [9.17, 15) is 14.4 Å². The van der Waals surface area contributed by atoms with Crippen molar-refractivity contribution in [3.63, 3.8) is 0 Å². The molecule has 2 N–H and O–H groups in total. The van der Waals surface area contributed by atoms with Crippen molar-refractivity contribution in [2.24, 2.45) is 5.41 Å². The Kier molecular flexibility index (Phi) is 7.84. The number of hydrogen-bond acceptors (Lipinski definition) is 7. The maximum atomic E-state index is 12.1. The van der Waals surface area contributed by atoms with E-state index in [1.54, 1.807) is 0 Å². The number of amides is 2. The lowest BCUT2D eigenvalue weighted by Gasteiger charge is -2.57. The fraction of sp³-hybridized carbons (Fsp3) is 0.625. The Morgan fingerprint density at radius 3 is 2.33 bits per heavy atom. The number of nitrogens with one attached hydrogen (secondary N) is 2. The Labute approximate surface area is 194 Å². The molecule has 2 aliphatic rings. The molecule has 0 unspecified atom stereocenters. The van der Waals surface area contributed by atoms with Crippen LogP contribution >= 0.6 is 0 Å². The molecule has 2 fully saturated rings. The lowest BCUT2D eigenvalue weighted by atomic mass is 9.53. The van der Waals surface area contributed by atoms with E-state index in [1.807, 2.05) is 51.1 Å². The van der Waals surface area contributed by atoms with Gasteiger partial charge in [-0.25, -0.2) is 14.4 Å². The summed E-state index contributed by atoms with van der Waals surface area (Å²) in [6.07, 6.45) is 2.38. The zero-order valence-corrected chi connectivity index (χ0v) is 19.7. The van der Waals surface area contributed by atoms with Gasteiger partial charge in [-0.2, -0.15) is 0 Å². The molecule has 1 atom stereocenters. The van der Waals surface area contributed by atoms with Gasteiger partial charge in [-0.15, -0.1) is 0 Å². The van der Waals surface area contributed by atoms with Crippen molar-refractivity contribution in [2.45, 2.75) is 76.9 Å². The standard InChI is InChI=1S/C24H34N2O7/c1-23(2,3)33-22(29)25-17-10-24(11-17)12-18(13-24)31-15-19(20(27)30-4)26-21(28)32-14-16-8-6-5-7-9-16/h5-9,17-19H,10-15H2,1-4H3,(H,25,29)(H,26,28)/t17?,18?,19-,24?/m0/s1. The van der Waals surface area contributed by atoms with E-state index in [1.165, 1.54) is 7.11 Å². The second kappa shape index (κ2) is 10.4. The summed E-state index contributed by atoms with van der Waals surface area (Å²) < 4.78 is 21.1.